The number of H-pyrrole nitrogens is 1. The third-order valence-electron chi connectivity index (χ3n) is 4.74. The summed E-state index contributed by atoms with van der Waals surface area (Å²) >= 11 is 0. The summed E-state index contributed by atoms with van der Waals surface area (Å²) in [4.78, 5) is 9.94. The third-order valence-corrected chi connectivity index (χ3v) is 4.74. The lowest BCUT2D eigenvalue weighted by Gasteiger charge is -2.32. The molecule has 0 aliphatic carbocycles. The van der Waals surface area contributed by atoms with Crippen molar-refractivity contribution in [3.05, 3.63) is 53.1 Å². The number of benzene rings is 1. The minimum Gasteiger partial charge on any atom is -0.348 e. The molecule has 124 valence electrons. The number of rotatable bonds is 5. The summed E-state index contributed by atoms with van der Waals surface area (Å²) in [6.45, 7) is 5.09. The van der Waals surface area contributed by atoms with Crippen LogP contribution in [0.4, 0.5) is 8.78 Å². The van der Waals surface area contributed by atoms with Crippen molar-refractivity contribution in [2.75, 3.05) is 13.1 Å². The van der Waals surface area contributed by atoms with E-state index in [-0.39, 0.29) is 0 Å². The molecule has 2 aromatic rings. The van der Waals surface area contributed by atoms with E-state index >= 15 is 0 Å². The first-order chi connectivity index (χ1) is 11.1. The molecule has 1 aliphatic heterocycles. The van der Waals surface area contributed by atoms with Crippen LogP contribution in [-0.4, -0.2) is 28.0 Å². The molecule has 1 aliphatic rings. The van der Waals surface area contributed by atoms with Crippen LogP contribution in [0.25, 0.3) is 0 Å². The quantitative estimate of drug-likeness (QED) is 0.908. The summed E-state index contributed by atoms with van der Waals surface area (Å²) in [6, 6.07) is 4.23. The molecule has 1 aromatic carbocycles. The fraction of sp³-hybridized carbons (Fsp3) is 0.500. The molecule has 1 atom stereocenters. The molecule has 0 saturated carbocycles. The molecule has 0 bridgehead atoms. The normalized spacial score (nSPS) is 19.2. The van der Waals surface area contributed by atoms with Crippen molar-refractivity contribution in [3.63, 3.8) is 0 Å². The zero-order chi connectivity index (χ0) is 16.2. The molecule has 0 radical (unpaired) electrons. The summed E-state index contributed by atoms with van der Waals surface area (Å²) in [7, 11) is 0. The van der Waals surface area contributed by atoms with Crippen LogP contribution in [0.3, 0.4) is 0 Å². The van der Waals surface area contributed by atoms with Gasteiger partial charge in [-0.2, -0.15) is 0 Å². The van der Waals surface area contributed by atoms with Gasteiger partial charge in [-0.3, -0.25) is 4.90 Å². The van der Waals surface area contributed by atoms with Crippen molar-refractivity contribution < 1.29 is 8.78 Å². The number of imidazole rings is 1. The summed E-state index contributed by atoms with van der Waals surface area (Å²) in [6.07, 6.45) is 5.96. The van der Waals surface area contributed by atoms with E-state index in [0.29, 0.717) is 5.92 Å². The molecule has 1 fully saturated rings. The van der Waals surface area contributed by atoms with Crippen LogP contribution in [-0.2, 0) is 13.0 Å². The number of hydrogen-bond donors (Lipinski definition) is 1. The van der Waals surface area contributed by atoms with Crippen LogP contribution in [0.15, 0.2) is 24.5 Å². The van der Waals surface area contributed by atoms with Crippen molar-refractivity contribution >= 4 is 0 Å². The van der Waals surface area contributed by atoms with Crippen molar-refractivity contribution in [3.8, 4) is 0 Å². The van der Waals surface area contributed by atoms with Crippen LogP contribution in [0, 0.1) is 24.5 Å². The second-order valence-electron chi connectivity index (χ2n) is 6.50. The van der Waals surface area contributed by atoms with E-state index in [1.165, 1.54) is 25.0 Å². The Morgan fingerprint density at radius 2 is 2.17 bits per heavy atom. The number of nitrogens with one attached hydrogen (secondary N) is 1. The molecule has 1 saturated heterocycles. The molecule has 5 heteroatoms. The molecule has 1 aromatic heterocycles. The summed E-state index contributed by atoms with van der Waals surface area (Å²) in [5, 5.41) is 0. The summed E-state index contributed by atoms with van der Waals surface area (Å²) in [5.74, 6) is -0.912. The lowest BCUT2D eigenvalue weighted by atomic mass is 9.91. The van der Waals surface area contributed by atoms with Gasteiger partial charge < -0.3 is 4.98 Å². The Labute approximate surface area is 135 Å². The van der Waals surface area contributed by atoms with Crippen LogP contribution < -0.4 is 0 Å². The second kappa shape index (κ2) is 7.21. The van der Waals surface area contributed by atoms with Crippen LogP contribution in [0.1, 0.15) is 36.2 Å². The topological polar surface area (TPSA) is 31.9 Å². The first kappa shape index (κ1) is 16.1. The van der Waals surface area contributed by atoms with E-state index in [0.717, 1.165) is 49.4 Å². The Balaban J connectivity index is 1.52. The number of hydrogen-bond acceptors (Lipinski definition) is 2. The predicted octanol–water partition coefficient (Wildman–Crippen LogP) is 3.84. The van der Waals surface area contributed by atoms with Gasteiger partial charge in [-0.1, -0.05) is 6.07 Å². The van der Waals surface area contributed by atoms with E-state index < -0.39 is 11.6 Å². The molecule has 1 N–H and O–H groups in total. The minimum atomic E-state index is -0.771. The van der Waals surface area contributed by atoms with Gasteiger partial charge in [-0.15, -0.1) is 0 Å². The predicted molar refractivity (Wildman–Crippen MR) is 86.0 cm³/mol. The maximum absolute atomic E-state index is 13.3. The van der Waals surface area contributed by atoms with Gasteiger partial charge in [-0.05, 0) is 62.8 Å². The van der Waals surface area contributed by atoms with Gasteiger partial charge in [0.1, 0.15) is 0 Å². The average molecular weight is 319 g/mol. The van der Waals surface area contributed by atoms with Crippen molar-refractivity contribution in [1.29, 1.82) is 0 Å². The van der Waals surface area contributed by atoms with Crippen molar-refractivity contribution in [2.24, 2.45) is 5.92 Å². The Hall–Kier alpha value is -1.75. The first-order valence-corrected chi connectivity index (χ1v) is 8.27. The zero-order valence-corrected chi connectivity index (χ0v) is 13.5. The van der Waals surface area contributed by atoms with Gasteiger partial charge in [0, 0.05) is 18.8 Å². The van der Waals surface area contributed by atoms with Crippen LogP contribution in [0.5, 0.6) is 0 Å². The van der Waals surface area contributed by atoms with E-state index in [9.17, 15) is 8.78 Å². The number of halogens is 2. The van der Waals surface area contributed by atoms with E-state index in [4.69, 9.17) is 0 Å². The molecule has 2 heterocycles. The molecular weight excluding hydrogens is 296 g/mol. The SMILES string of the molecule is Cc1[nH]cnc1CN1CCCC(CCc2ccc(F)c(F)c2)C1. The second-order valence-corrected chi connectivity index (χ2v) is 6.50. The van der Waals surface area contributed by atoms with E-state index in [2.05, 4.69) is 14.9 Å². The number of aryl methyl sites for hydroxylation is 2. The smallest absolute Gasteiger partial charge is 0.159 e. The number of aromatic amines is 1. The molecule has 0 amide bonds. The van der Waals surface area contributed by atoms with Crippen LogP contribution in [0.2, 0.25) is 0 Å². The van der Waals surface area contributed by atoms with Gasteiger partial charge >= 0.3 is 0 Å². The van der Waals surface area contributed by atoms with E-state index in [1.807, 2.05) is 6.92 Å². The molecule has 0 spiro atoms. The first-order valence-electron chi connectivity index (χ1n) is 8.27. The standard InChI is InChI=1S/C18H23F2N3/c1-13-18(22-12-21-13)11-23-8-2-3-15(10-23)5-4-14-6-7-16(19)17(20)9-14/h6-7,9,12,15H,2-5,8,10-11H2,1H3,(H,21,22). The summed E-state index contributed by atoms with van der Waals surface area (Å²) in [5.41, 5.74) is 3.13. The zero-order valence-electron chi connectivity index (χ0n) is 13.5. The van der Waals surface area contributed by atoms with Gasteiger partial charge in [0.2, 0.25) is 0 Å². The molecule has 3 nitrogen and oxygen atoms in total. The largest absolute Gasteiger partial charge is 0.348 e. The molecule has 3 rings (SSSR count). The highest BCUT2D eigenvalue weighted by molar-refractivity contribution is 5.18. The Morgan fingerprint density at radius 3 is 2.91 bits per heavy atom. The van der Waals surface area contributed by atoms with Crippen molar-refractivity contribution in [1.82, 2.24) is 14.9 Å². The Morgan fingerprint density at radius 1 is 1.30 bits per heavy atom. The maximum atomic E-state index is 13.3. The van der Waals surface area contributed by atoms with Gasteiger partial charge in [0.05, 0.1) is 12.0 Å². The fourth-order valence-corrected chi connectivity index (χ4v) is 3.35. The van der Waals surface area contributed by atoms with Crippen LogP contribution >= 0.6 is 0 Å². The molecular formula is C18H23F2N3. The molecule has 1 unspecified atom stereocenters. The number of piperidine rings is 1. The Kier molecular flexibility index (Phi) is 5.06. The van der Waals surface area contributed by atoms with Gasteiger partial charge in [-0.25, -0.2) is 13.8 Å². The average Bonchev–Trinajstić information content (AvgIpc) is 2.94. The monoisotopic (exact) mass is 319 g/mol. The highest BCUT2D eigenvalue weighted by Crippen LogP contribution is 2.23. The Bertz CT molecular complexity index is 653. The minimum absolute atomic E-state index is 0.608. The lowest BCUT2D eigenvalue weighted by Crippen LogP contribution is -2.35. The van der Waals surface area contributed by atoms with Crippen molar-refractivity contribution in [2.45, 2.75) is 39.2 Å². The third kappa shape index (κ3) is 4.16. The highest BCUT2D eigenvalue weighted by Gasteiger charge is 2.21. The van der Waals surface area contributed by atoms with Gasteiger partial charge in [0.25, 0.3) is 0 Å². The molecule has 23 heavy (non-hydrogen) atoms. The van der Waals surface area contributed by atoms with E-state index in [1.54, 1.807) is 12.4 Å². The summed E-state index contributed by atoms with van der Waals surface area (Å²) < 4.78 is 26.2. The highest BCUT2D eigenvalue weighted by atomic mass is 19.2. The lowest BCUT2D eigenvalue weighted by molar-refractivity contribution is 0.160. The maximum Gasteiger partial charge on any atom is 0.159 e. The van der Waals surface area contributed by atoms with Gasteiger partial charge in [0.15, 0.2) is 11.6 Å². The fourth-order valence-electron chi connectivity index (χ4n) is 3.35. The number of likely N-dealkylation sites (tertiary alicyclic amines) is 1. The number of nitrogens with zero attached hydrogens (tertiary/aromatic N) is 2. The number of aromatic nitrogens is 2.